The lowest BCUT2D eigenvalue weighted by molar-refractivity contribution is -0.137. The average molecular weight is 435 g/mol. The molecule has 2 amide bonds. The third-order valence-electron chi connectivity index (χ3n) is 4.55. The minimum atomic E-state index is -4.50. The highest BCUT2D eigenvalue weighted by Crippen LogP contribution is 2.33. The van der Waals surface area contributed by atoms with Crippen LogP contribution in [-0.2, 0) is 22.2 Å². The lowest BCUT2D eigenvalue weighted by atomic mass is 10.1. The zero-order valence-electron chi connectivity index (χ0n) is 15.9. The van der Waals surface area contributed by atoms with Crippen LogP contribution < -0.4 is 5.73 Å². The molecule has 30 heavy (non-hydrogen) atoms. The molecule has 0 saturated carbocycles. The van der Waals surface area contributed by atoms with Crippen molar-refractivity contribution in [2.75, 3.05) is 6.54 Å². The van der Waals surface area contributed by atoms with Gasteiger partial charge >= 0.3 is 6.18 Å². The molecule has 2 aromatic carbocycles. The number of aliphatic imine (C=N–C) groups is 1. The Labute approximate surface area is 176 Å². The second-order valence-corrected chi connectivity index (χ2v) is 7.96. The number of hydrogen-bond acceptors (Lipinski definition) is 4. The number of nitrogens with zero attached hydrogens (tertiary/aromatic N) is 2. The summed E-state index contributed by atoms with van der Waals surface area (Å²) in [5.74, 6) is -0.981. The molecule has 1 saturated heterocycles. The minimum absolute atomic E-state index is 0.0540. The van der Waals surface area contributed by atoms with Crippen molar-refractivity contribution >= 4 is 34.4 Å². The number of hydrogen-bond donors (Lipinski definition) is 1. The summed E-state index contributed by atoms with van der Waals surface area (Å²) in [6.07, 6.45) is -3.20. The molecule has 0 aromatic heterocycles. The lowest BCUT2D eigenvalue weighted by Crippen LogP contribution is -2.46. The van der Waals surface area contributed by atoms with Crippen molar-refractivity contribution in [1.29, 1.82) is 0 Å². The number of aryl methyl sites for hydroxylation is 1. The number of rotatable bonds is 6. The quantitative estimate of drug-likeness (QED) is 0.741. The highest BCUT2D eigenvalue weighted by atomic mass is 32.2. The Hall–Kier alpha value is -2.81. The Morgan fingerprint density at radius 2 is 1.90 bits per heavy atom. The maximum atomic E-state index is 13.0. The van der Waals surface area contributed by atoms with Crippen LogP contribution in [0.4, 0.5) is 18.9 Å². The SMILES string of the molecule is NC(=O)C1CC(=O)N(CCCc2ccccc2)C(=Nc2cccc(C(F)(F)F)c2)S1. The highest BCUT2D eigenvalue weighted by molar-refractivity contribution is 8.15. The number of carbonyl (C=O) groups is 2. The summed E-state index contributed by atoms with van der Waals surface area (Å²) < 4.78 is 39.0. The van der Waals surface area contributed by atoms with Crippen molar-refractivity contribution in [3.05, 3.63) is 65.7 Å². The number of thioether (sulfide) groups is 1. The van der Waals surface area contributed by atoms with Gasteiger partial charge in [-0.2, -0.15) is 13.2 Å². The summed E-state index contributed by atoms with van der Waals surface area (Å²) in [5, 5.41) is -0.616. The molecule has 158 valence electrons. The zero-order chi connectivity index (χ0) is 21.7. The van der Waals surface area contributed by atoms with Gasteiger partial charge in [-0.05, 0) is 36.6 Å². The van der Waals surface area contributed by atoms with E-state index in [-0.39, 0.29) is 23.2 Å². The van der Waals surface area contributed by atoms with Gasteiger partial charge in [0.15, 0.2) is 5.17 Å². The molecule has 0 spiro atoms. The van der Waals surface area contributed by atoms with E-state index in [1.54, 1.807) is 0 Å². The van der Waals surface area contributed by atoms with E-state index in [0.717, 1.165) is 35.9 Å². The van der Waals surface area contributed by atoms with Gasteiger partial charge < -0.3 is 5.73 Å². The molecule has 1 fully saturated rings. The molecule has 1 unspecified atom stereocenters. The van der Waals surface area contributed by atoms with Gasteiger partial charge in [-0.3, -0.25) is 14.5 Å². The number of alkyl halides is 3. The third-order valence-corrected chi connectivity index (χ3v) is 5.75. The number of benzene rings is 2. The molecule has 0 bridgehead atoms. The van der Waals surface area contributed by atoms with E-state index in [9.17, 15) is 22.8 Å². The molecule has 0 radical (unpaired) electrons. The number of halogens is 3. The van der Waals surface area contributed by atoms with Gasteiger partial charge in [-0.1, -0.05) is 48.2 Å². The number of amidine groups is 1. The average Bonchev–Trinajstić information content (AvgIpc) is 2.70. The van der Waals surface area contributed by atoms with Gasteiger partial charge in [0.05, 0.1) is 16.5 Å². The summed E-state index contributed by atoms with van der Waals surface area (Å²) in [6.45, 7) is 0.337. The van der Waals surface area contributed by atoms with Crippen molar-refractivity contribution in [2.45, 2.75) is 30.7 Å². The third kappa shape index (κ3) is 5.63. The largest absolute Gasteiger partial charge is 0.416 e. The van der Waals surface area contributed by atoms with Gasteiger partial charge in [0.1, 0.15) is 0 Å². The lowest BCUT2D eigenvalue weighted by Gasteiger charge is -2.31. The van der Waals surface area contributed by atoms with Crippen molar-refractivity contribution in [3.63, 3.8) is 0 Å². The maximum absolute atomic E-state index is 13.0. The number of carbonyl (C=O) groups excluding carboxylic acids is 2. The second kappa shape index (κ2) is 9.34. The van der Waals surface area contributed by atoms with Crippen LogP contribution in [-0.4, -0.2) is 33.7 Å². The van der Waals surface area contributed by atoms with Crippen molar-refractivity contribution < 1.29 is 22.8 Å². The zero-order valence-corrected chi connectivity index (χ0v) is 16.7. The number of primary amides is 1. The molecule has 9 heteroatoms. The van der Waals surface area contributed by atoms with Gasteiger partial charge in [0, 0.05) is 13.0 Å². The molecule has 2 N–H and O–H groups in total. The van der Waals surface area contributed by atoms with Gasteiger partial charge in [-0.25, -0.2) is 4.99 Å². The summed E-state index contributed by atoms with van der Waals surface area (Å²) in [7, 11) is 0. The fraction of sp³-hybridized carbons (Fsp3) is 0.286. The Morgan fingerprint density at radius 3 is 2.57 bits per heavy atom. The molecule has 1 heterocycles. The van der Waals surface area contributed by atoms with E-state index in [4.69, 9.17) is 5.73 Å². The van der Waals surface area contributed by atoms with Gasteiger partial charge in [-0.15, -0.1) is 0 Å². The van der Waals surface area contributed by atoms with Crippen LogP contribution in [0.2, 0.25) is 0 Å². The monoisotopic (exact) mass is 435 g/mol. The Bertz CT molecular complexity index is 948. The van der Waals surface area contributed by atoms with E-state index in [1.165, 1.54) is 17.0 Å². The predicted molar refractivity (Wildman–Crippen MR) is 110 cm³/mol. The van der Waals surface area contributed by atoms with Crippen LogP contribution in [0.3, 0.4) is 0 Å². The standard InChI is InChI=1S/C21H20F3N3O2S/c22-21(23,24)15-9-4-10-16(12-15)26-20-27(18(28)13-17(30-20)19(25)29)11-5-8-14-6-2-1-3-7-14/h1-4,6-7,9-10,12,17H,5,8,11,13H2,(H2,25,29). The van der Waals surface area contributed by atoms with Crippen molar-refractivity contribution in [2.24, 2.45) is 10.7 Å². The van der Waals surface area contributed by atoms with E-state index < -0.39 is 22.9 Å². The van der Waals surface area contributed by atoms with E-state index >= 15 is 0 Å². The Balaban J connectivity index is 1.83. The predicted octanol–water partition coefficient (Wildman–Crippen LogP) is 4.15. The molecule has 1 aliphatic heterocycles. The van der Waals surface area contributed by atoms with Gasteiger partial charge in [0.2, 0.25) is 11.8 Å². The first kappa shape index (κ1) is 21.9. The molecule has 0 aliphatic carbocycles. The maximum Gasteiger partial charge on any atom is 0.416 e. The van der Waals surface area contributed by atoms with E-state index in [1.807, 2.05) is 30.3 Å². The van der Waals surface area contributed by atoms with Crippen molar-refractivity contribution in [3.8, 4) is 0 Å². The molecule has 2 aromatic rings. The number of amides is 2. The van der Waals surface area contributed by atoms with Gasteiger partial charge in [0.25, 0.3) is 0 Å². The van der Waals surface area contributed by atoms with Crippen LogP contribution in [0.15, 0.2) is 59.6 Å². The van der Waals surface area contributed by atoms with Crippen molar-refractivity contribution in [1.82, 2.24) is 4.90 Å². The van der Waals surface area contributed by atoms with E-state index in [2.05, 4.69) is 4.99 Å². The first-order valence-electron chi connectivity index (χ1n) is 9.30. The summed E-state index contributed by atoms with van der Waals surface area (Å²) >= 11 is 1.01. The minimum Gasteiger partial charge on any atom is -0.369 e. The molecule has 1 aliphatic rings. The Kier molecular flexibility index (Phi) is 6.81. The number of nitrogens with two attached hydrogens (primary N) is 1. The fourth-order valence-electron chi connectivity index (χ4n) is 3.02. The summed E-state index contributed by atoms with van der Waals surface area (Å²) in [4.78, 5) is 29.9. The van der Waals surface area contributed by atoms with E-state index in [0.29, 0.717) is 13.0 Å². The summed E-state index contributed by atoms with van der Waals surface area (Å²) in [6, 6.07) is 14.3. The molecular formula is C21H20F3N3O2S. The first-order valence-corrected chi connectivity index (χ1v) is 10.2. The Morgan fingerprint density at radius 1 is 1.17 bits per heavy atom. The van der Waals surface area contributed by atoms with Crippen LogP contribution >= 0.6 is 11.8 Å². The molecule has 1 atom stereocenters. The first-order chi connectivity index (χ1) is 14.2. The molecule has 5 nitrogen and oxygen atoms in total. The second-order valence-electron chi connectivity index (χ2n) is 6.79. The highest BCUT2D eigenvalue weighted by Gasteiger charge is 2.35. The summed E-state index contributed by atoms with van der Waals surface area (Å²) in [5.41, 5.74) is 5.68. The van der Waals surface area contributed by atoms with Crippen LogP contribution in [0.25, 0.3) is 0 Å². The van der Waals surface area contributed by atoms with Crippen LogP contribution in [0.1, 0.15) is 24.0 Å². The van der Waals surface area contributed by atoms with Crippen LogP contribution in [0.5, 0.6) is 0 Å². The molecule has 3 rings (SSSR count). The molecular weight excluding hydrogens is 415 g/mol. The normalized spacial score (nSPS) is 18.6. The fourth-order valence-corrected chi connectivity index (χ4v) is 4.10. The smallest absolute Gasteiger partial charge is 0.369 e. The van der Waals surface area contributed by atoms with Crippen LogP contribution in [0, 0.1) is 0 Å². The topological polar surface area (TPSA) is 75.8 Å².